The summed E-state index contributed by atoms with van der Waals surface area (Å²) >= 11 is 0. The number of nitrogens with zero attached hydrogens (tertiary/aromatic N) is 1. The number of hydrogen-bond donors (Lipinski definition) is 1. The summed E-state index contributed by atoms with van der Waals surface area (Å²) in [6, 6.07) is 3.75. The second kappa shape index (κ2) is 5.10. The topological polar surface area (TPSA) is 28.4 Å². The van der Waals surface area contributed by atoms with Crippen LogP contribution in [0.25, 0.3) is 0 Å². The number of halogens is 3. The molecule has 1 aromatic heterocycles. The standard InChI is InChI=1S/C11H15F3N2O/c12-11(13,14)8-16-4-3-9(7-16)15-6-10-2-1-5-17-10/h1-2,5,9,15H,3-4,6-8H2. The number of furan rings is 1. The molecule has 1 fully saturated rings. The van der Waals surface area contributed by atoms with Crippen molar-refractivity contribution in [3.05, 3.63) is 24.2 Å². The lowest BCUT2D eigenvalue weighted by Crippen LogP contribution is -2.36. The van der Waals surface area contributed by atoms with Crippen LogP contribution in [-0.4, -0.2) is 36.8 Å². The maximum Gasteiger partial charge on any atom is 0.401 e. The van der Waals surface area contributed by atoms with Crippen LogP contribution >= 0.6 is 0 Å². The number of hydrogen-bond acceptors (Lipinski definition) is 3. The summed E-state index contributed by atoms with van der Waals surface area (Å²) in [5.41, 5.74) is 0. The molecule has 96 valence electrons. The fourth-order valence-electron chi connectivity index (χ4n) is 2.05. The lowest BCUT2D eigenvalue weighted by molar-refractivity contribution is -0.143. The van der Waals surface area contributed by atoms with Crippen molar-refractivity contribution in [1.29, 1.82) is 0 Å². The van der Waals surface area contributed by atoms with Gasteiger partial charge < -0.3 is 9.73 Å². The fourth-order valence-corrected chi connectivity index (χ4v) is 2.05. The number of nitrogens with one attached hydrogen (secondary N) is 1. The van der Waals surface area contributed by atoms with E-state index in [0.29, 0.717) is 19.6 Å². The Labute approximate surface area is 97.6 Å². The number of likely N-dealkylation sites (tertiary alicyclic amines) is 1. The van der Waals surface area contributed by atoms with Crippen molar-refractivity contribution in [3.63, 3.8) is 0 Å². The predicted octanol–water partition coefficient (Wildman–Crippen LogP) is 2.01. The fraction of sp³-hybridized carbons (Fsp3) is 0.636. The molecule has 1 aliphatic rings. The van der Waals surface area contributed by atoms with Crippen LogP contribution in [-0.2, 0) is 6.54 Å². The summed E-state index contributed by atoms with van der Waals surface area (Å²) in [7, 11) is 0. The average Bonchev–Trinajstić information content (AvgIpc) is 2.82. The van der Waals surface area contributed by atoms with Crippen molar-refractivity contribution in [2.24, 2.45) is 0 Å². The smallest absolute Gasteiger partial charge is 0.401 e. The number of alkyl halides is 3. The Morgan fingerprint density at radius 2 is 2.29 bits per heavy atom. The van der Waals surface area contributed by atoms with Gasteiger partial charge in [-0.3, -0.25) is 4.90 Å². The van der Waals surface area contributed by atoms with Crippen molar-refractivity contribution in [3.8, 4) is 0 Å². The number of rotatable bonds is 4. The first-order valence-corrected chi connectivity index (χ1v) is 5.58. The molecule has 1 saturated heterocycles. The van der Waals surface area contributed by atoms with Gasteiger partial charge in [-0.15, -0.1) is 0 Å². The first-order chi connectivity index (χ1) is 8.03. The van der Waals surface area contributed by atoms with E-state index in [-0.39, 0.29) is 6.04 Å². The van der Waals surface area contributed by atoms with Gasteiger partial charge in [0.2, 0.25) is 0 Å². The second-order valence-corrected chi connectivity index (χ2v) is 4.30. The zero-order valence-electron chi connectivity index (χ0n) is 9.33. The van der Waals surface area contributed by atoms with Crippen molar-refractivity contribution >= 4 is 0 Å². The molecule has 17 heavy (non-hydrogen) atoms. The average molecular weight is 248 g/mol. The van der Waals surface area contributed by atoms with Gasteiger partial charge in [-0.1, -0.05) is 0 Å². The SMILES string of the molecule is FC(F)(F)CN1CCC(NCc2ccco2)C1. The Kier molecular flexibility index (Phi) is 3.73. The molecule has 2 heterocycles. The monoisotopic (exact) mass is 248 g/mol. The van der Waals surface area contributed by atoms with Crippen LogP contribution in [0, 0.1) is 0 Å². The molecule has 1 unspecified atom stereocenters. The Morgan fingerprint density at radius 3 is 2.94 bits per heavy atom. The Hall–Kier alpha value is -1.01. The minimum Gasteiger partial charge on any atom is -0.468 e. The summed E-state index contributed by atoms with van der Waals surface area (Å²) in [6.45, 7) is 0.693. The van der Waals surface area contributed by atoms with Crippen LogP contribution < -0.4 is 5.32 Å². The summed E-state index contributed by atoms with van der Waals surface area (Å²) < 4.78 is 41.6. The molecule has 0 saturated carbocycles. The van der Waals surface area contributed by atoms with Crippen molar-refractivity contribution in [2.75, 3.05) is 19.6 Å². The van der Waals surface area contributed by atoms with Gasteiger partial charge in [-0.05, 0) is 18.6 Å². The highest BCUT2D eigenvalue weighted by Crippen LogP contribution is 2.20. The second-order valence-electron chi connectivity index (χ2n) is 4.30. The van der Waals surface area contributed by atoms with Gasteiger partial charge in [0.15, 0.2) is 0 Å². The van der Waals surface area contributed by atoms with Gasteiger partial charge in [0.25, 0.3) is 0 Å². The summed E-state index contributed by atoms with van der Waals surface area (Å²) in [6.07, 6.45) is -1.77. The highest BCUT2D eigenvalue weighted by atomic mass is 19.4. The molecule has 6 heteroatoms. The molecule has 1 atom stereocenters. The molecule has 1 N–H and O–H groups in total. The highest BCUT2D eigenvalue weighted by molar-refractivity contribution is 4.98. The maximum absolute atomic E-state index is 12.2. The van der Waals surface area contributed by atoms with E-state index in [0.717, 1.165) is 12.2 Å². The molecule has 0 amide bonds. The Morgan fingerprint density at radius 1 is 1.47 bits per heavy atom. The highest BCUT2D eigenvalue weighted by Gasteiger charge is 2.34. The first kappa shape index (κ1) is 12.4. The molecule has 0 aliphatic carbocycles. The van der Waals surface area contributed by atoms with Gasteiger partial charge in [-0.2, -0.15) is 13.2 Å². The van der Waals surface area contributed by atoms with Crippen LogP contribution in [0.5, 0.6) is 0 Å². The largest absolute Gasteiger partial charge is 0.468 e. The molecule has 0 spiro atoms. The summed E-state index contributed by atoms with van der Waals surface area (Å²) in [5.74, 6) is 0.805. The van der Waals surface area contributed by atoms with Crippen LogP contribution in [0.4, 0.5) is 13.2 Å². The maximum atomic E-state index is 12.2. The van der Waals surface area contributed by atoms with Crippen molar-refractivity contribution in [1.82, 2.24) is 10.2 Å². The third-order valence-corrected chi connectivity index (χ3v) is 2.82. The zero-order valence-corrected chi connectivity index (χ0v) is 9.33. The normalized spacial score (nSPS) is 22.2. The van der Waals surface area contributed by atoms with E-state index in [1.54, 1.807) is 12.3 Å². The Balaban J connectivity index is 1.71. The van der Waals surface area contributed by atoms with Crippen molar-refractivity contribution < 1.29 is 17.6 Å². The molecule has 0 bridgehead atoms. The van der Waals surface area contributed by atoms with Gasteiger partial charge in [0.1, 0.15) is 5.76 Å². The van der Waals surface area contributed by atoms with Gasteiger partial charge in [0, 0.05) is 19.1 Å². The Bertz CT molecular complexity index is 337. The van der Waals surface area contributed by atoms with Crippen LogP contribution in [0.1, 0.15) is 12.2 Å². The lowest BCUT2D eigenvalue weighted by Gasteiger charge is -2.18. The van der Waals surface area contributed by atoms with E-state index >= 15 is 0 Å². The van der Waals surface area contributed by atoms with E-state index < -0.39 is 12.7 Å². The van der Waals surface area contributed by atoms with E-state index in [4.69, 9.17) is 4.42 Å². The minimum absolute atomic E-state index is 0.113. The molecular formula is C11H15F3N2O. The molecule has 2 rings (SSSR count). The minimum atomic E-state index is -4.10. The van der Waals surface area contributed by atoms with Gasteiger partial charge in [0.05, 0.1) is 19.4 Å². The van der Waals surface area contributed by atoms with E-state index in [9.17, 15) is 13.2 Å². The summed E-state index contributed by atoms with van der Waals surface area (Å²) in [4.78, 5) is 1.43. The van der Waals surface area contributed by atoms with Gasteiger partial charge >= 0.3 is 6.18 Å². The molecule has 3 nitrogen and oxygen atoms in total. The lowest BCUT2D eigenvalue weighted by atomic mass is 10.2. The van der Waals surface area contributed by atoms with Crippen LogP contribution in [0.15, 0.2) is 22.8 Å². The van der Waals surface area contributed by atoms with Crippen molar-refractivity contribution in [2.45, 2.75) is 25.2 Å². The molecule has 1 aromatic rings. The van der Waals surface area contributed by atoms with E-state index in [1.807, 2.05) is 6.07 Å². The molecule has 1 aliphatic heterocycles. The third kappa shape index (κ3) is 4.05. The van der Waals surface area contributed by atoms with Crippen LogP contribution in [0.2, 0.25) is 0 Å². The van der Waals surface area contributed by atoms with E-state index in [1.165, 1.54) is 4.90 Å². The van der Waals surface area contributed by atoms with Crippen LogP contribution in [0.3, 0.4) is 0 Å². The third-order valence-electron chi connectivity index (χ3n) is 2.82. The first-order valence-electron chi connectivity index (χ1n) is 5.58. The molecule has 0 radical (unpaired) electrons. The zero-order chi connectivity index (χ0) is 12.3. The van der Waals surface area contributed by atoms with Gasteiger partial charge in [-0.25, -0.2) is 0 Å². The van der Waals surface area contributed by atoms with E-state index in [2.05, 4.69) is 5.32 Å². The quantitative estimate of drug-likeness (QED) is 0.883. The molecule has 0 aromatic carbocycles. The molecular weight excluding hydrogens is 233 g/mol. The summed E-state index contributed by atoms with van der Waals surface area (Å²) in [5, 5.41) is 3.20. The predicted molar refractivity (Wildman–Crippen MR) is 56.4 cm³/mol.